The lowest BCUT2D eigenvalue weighted by molar-refractivity contribution is -0.118. The summed E-state index contributed by atoms with van der Waals surface area (Å²) in [5, 5.41) is 2.44. The molecular formula is C22H20BrFN2O4S. The van der Waals surface area contributed by atoms with Gasteiger partial charge >= 0.3 is 0 Å². The molecule has 0 heterocycles. The predicted molar refractivity (Wildman–Crippen MR) is 121 cm³/mol. The maximum atomic E-state index is 13.8. The first-order chi connectivity index (χ1) is 14.8. The minimum absolute atomic E-state index is 0.0526. The van der Waals surface area contributed by atoms with Crippen LogP contribution in [0, 0.1) is 5.82 Å². The number of sulfonamides is 1. The van der Waals surface area contributed by atoms with Gasteiger partial charge in [0.25, 0.3) is 15.9 Å². The molecule has 9 heteroatoms. The van der Waals surface area contributed by atoms with Gasteiger partial charge in [-0.3, -0.25) is 9.10 Å². The smallest absolute Gasteiger partial charge is 0.264 e. The Bertz CT molecular complexity index is 1160. The number of carbonyl (C=O) groups excluding carboxylic acids is 1. The lowest BCUT2D eigenvalue weighted by Gasteiger charge is -2.23. The van der Waals surface area contributed by atoms with Crippen molar-refractivity contribution in [3.8, 4) is 5.75 Å². The first kappa shape index (κ1) is 22.8. The Morgan fingerprint density at radius 1 is 1.06 bits per heavy atom. The summed E-state index contributed by atoms with van der Waals surface area (Å²) >= 11 is 3.15. The molecule has 0 bridgehead atoms. The topological polar surface area (TPSA) is 75.7 Å². The SMILES string of the molecule is CCN(c1ccc(OCC(=O)Nc2ccc(Br)cc2F)cc1)S(=O)(=O)c1ccccc1. The number of rotatable bonds is 8. The molecule has 0 aliphatic heterocycles. The van der Waals surface area contributed by atoms with Gasteiger partial charge in [-0.05, 0) is 61.5 Å². The van der Waals surface area contributed by atoms with E-state index in [4.69, 9.17) is 4.74 Å². The van der Waals surface area contributed by atoms with Crippen LogP contribution >= 0.6 is 15.9 Å². The summed E-state index contributed by atoms with van der Waals surface area (Å²) in [4.78, 5) is 12.2. The second-order valence-electron chi connectivity index (χ2n) is 6.44. The molecule has 162 valence electrons. The summed E-state index contributed by atoms with van der Waals surface area (Å²) < 4.78 is 46.9. The fourth-order valence-electron chi connectivity index (χ4n) is 2.85. The summed E-state index contributed by atoms with van der Waals surface area (Å²) in [6.45, 7) is 1.67. The summed E-state index contributed by atoms with van der Waals surface area (Å²) in [5.74, 6) is -0.707. The fraction of sp³-hybridized carbons (Fsp3) is 0.136. The third kappa shape index (κ3) is 5.62. The molecule has 6 nitrogen and oxygen atoms in total. The first-order valence-electron chi connectivity index (χ1n) is 9.37. The molecule has 0 saturated carbocycles. The molecule has 0 unspecified atom stereocenters. The van der Waals surface area contributed by atoms with Crippen LogP contribution in [-0.4, -0.2) is 27.5 Å². The summed E-state index contributed by atoms with van der Waals surface area (Å²) in [7, 11) is -3.69. The average Bonchev–Trinajstić information content (AvgIpc) is 2.76. The Balaban J connectivity index is 1.65. The largest absolute Gasteiger partial charge is 0.484 e. The Kier molecular flexibility index (Phi) is 7.29. The Hall–Kier alpha value is -2.91. The maximum Gasteiger partial charge on any atom is 0.264 e. The van der Waals surface area contributed by atoms with Gasteiger partial charge in [0.05, 0.1) is 16.3 Å². The highest BCUT2D eigenvalue weighted by atomic mass is 79.9. The highest BCUT2D eigenvalue weighted by molar-refractivity contribution is 9.10. The van der Waals surface area contributed by atoms with Crippen molar-refractivity contribution in [3.63, 3.8) is 0 Å². The zero-order chi connectivity index (χ0) is 22.4. The van der Waals surface area contributed by atoms with Crippen LogP contribution in [0.2, 0.25) is 0 Å². The fourth-order valence-corrected chi connectivity index (χ4v) is 4.67. The lowest BCUT2D eigenvalue weighted by atomic mass is 10.3. The van der Waals surface area contributed by atoms with Crippen LogP contribution in [0.15, 0.2) is 82.2 Å². The molecule has 3 aromatic rings. The Labute approximate surface area is 188 Å². The van der Waals surface area contributed by atoms with Crippen molar-refractivity contribution in [3.05, 3.63) is 83.1 Å². The molecule has 0 aromatic heterocycles. The van der Waals surface area contributed by atoms with Gasteiger partial charge in [0.2, 0.25) is 0 Å². The highest BCUT2D eigenvalue weighted by Crippen LogP contribution is 2.25. The summed E-state index contributed by atoms with van der Waals surface area (Å²) in [5.41, 5.74) is 0.525. The standard InChI is InChI=1S/C22H20BrFN2O4S/c1-2-26(31(28,29)19-6-4-3-5-7-19)17-9-11-18(12-10-17)30-15-22(27)25-21-13-8-16(23)14-20(21)24/h3-14H,2,15H2,1H3,(H,25,27). The molecule has 0 aliphatic rings. The van der Waals surface area contributed by atoms with Crippen LogP contribution in [0.5, 0.6) is 5.75 Å². The molecule has 3 aromatic carbocycles. The van der Waals surface area contributed by atoms with E-state index in [2.05, 4.69) is 21.2 Å². The van der Waals surface area contributed by atoms with Crippen molar-refractivity contribution < 1.29 is 22.3 Å². The van der Waals surface area contributed by atoms with Gasteiger partial charge in [-0.2, -0.15) is 0 Å². The van der Waals surface area contributed by atoms with Crippen molar-refractivity contribution in [2.24, 2.45) is 0 Å². The van der Waals surface area contributed by atoms with Gasteiger partial charge in [-0.15, -0.1) is 0 Å². The lowest BCUT2D eigenvalue weighted by Crippen LogP contribution is -2.30. The number of ether oxygens (including phenoxy) is 1. The van der Waals surface area contributed by atoms with E-state index in [1.54, 1.807) is 67.6 Å². The summed E-state index contributed by atoms with van der Waals surface area (Å²) in [6.07, 6.45) is 0. The highest BCUT2D eigenvalue weighted by Gasteiger charge is 2.23. The third-order valence-electron chi connectivity index (χ3n) is 4.32. The number of halogens is 2. The van der Waals surface area contributed by atoms with Gasteiger partial charge in [0.15, 0.2) is 6.61 Å². The molecule has 0 saturated heterocycles. The Morgan fingerprint density at radius 2 is 1.74 bits per heavy atom. The zero-order valence-corrected chi connectivity index (χ0v) is 19.0. The van der Waals surface area contributed by atoms with Gasteiger partial charge < -0.3 is 10.1 Å². The van der Waals surface area contributed by atoms with Crippen molar-refractivity contribution in [2.75, 3.05) is 22.8 Å². The number of benzene rings is 3. The van der Waals surface area contributed by atoms with E-state index in [0.717, 1.165) is 0 Å². The van der Waals surface area contributed by atoms with E-state index in [-0.39, 0.29) is 23.7 Å². The van der Waals surface area contributed by atoms with Crippen molar-refractivity contribution in [1.82, 2.24) is 0 Å². The number of hydrogen-bond donors (Lipinski definition) is 1. The number of hydrogen-bond acceptors (Lipinski definition) is 4. The number of nitrogens with one attached hydrogen (secondary N) is 1. The van der Waals surface area contributed by atoms with E-state index in [1.807, 2.05) is 0 Å². The number of anilines is 2. The number of amides is 1. The Morgan fingerprint density at radius 3 is 2.35 bits per heavy atom. The van der Waals surface area contributed by atoms with Crippen LogP contribution in [0.3, 0.4) is 0 Å². The van der Waals surface area contributed by atoms with E-state index in [0.29, 0.717) is 15.9 Å². The van der Waals surface area contributed by atoms with E-state index in [9.17, 15) is 17.6 Å². The third-order valence-corrected chi connectivity index (χ3v) is 6.73. The first-order valence-corrected chi connectivity index (χ1v) is 11.6. The molecule has 0 radical (unpaired) electrons. The second kappa shape index (κ2) is 9.93. The van der Waals surface area contributed by atoms with Crippen LogP contribution < -0.4 is 14.4 Å². The molecule has 3 rings (SSSR count). The van der Waals surface area contributed by atoms with Gasteiger partial charge in [0, 0.05) is 11.0 Å². The van der Waals surface area contributed by atoms with Crippen LogP contribution in [0.25, 0.3) is 0 Å². The monoisotopic (exact) mass is 506 g/mol. The number of carbonyl (C=O) groups is 1. The van der Waals surface area contributed by atoms with Crippen LogP contribution in [0.1, 0.15) is 6.92 Å². The molecule has 1 amide bonds. The molecule has 31 heavy (non-hydrogen) atoms. The molecular weight excluding hydrogens is 487 g/mol. The van der Waals surface area contributed by atoms with Crippen molar-refractivity contribution >= 4 is 43.2 Å². The molecule has 0 atom stereocenters. The molecule has 0 spiro atoms. The van der Waals surface area contributed by atoms with Crippen molar-refractivity contribution in [2.45, 2.75) is 11.8 Å². The number of nitrogens with zero attached hydrogens (tertiary/aromatic N) is 1. The molecule has 0 fully saturated rings. The second-order valence-corrected chi connectivity index (χ2v) is 9.22. The summed E-state index contributed by atoms with van der Waals surface area (Å²) in [6, 6.07) is 18.8. The predicted octanol–water partition coefficient (Wildman–Crippen LogP) is 4.82. The molecule has 0 aliphatic carbocycles. The minimum Gasteiger partial charge on any atom is -0.484 e. The van der Waals surface area contributed by atoms with Gasteiger partial charge in [-0.25, -0.2) is 12.8 Å². The van der Waals surface area contributed by atoms with Gasteiger partial charge in [0.1, 0.15) is 11.6 Å². The average molecular weight is 507 g/mol. The van der Waals surface area contributed by atoms with Gasteiger partial charge in [-0.1, -0.05) is 34.1 Å². The van der Waals surface area contributed by atoms with Crippen LogP contribution in [0.4, 0.5) is 15.8 Å². The normalized spacial score (nSPS) is 11.1. The van der Waals surface area contributed by atoms with E-state index in [1.165, 1.54) is 16.4 Å². The van der Waals surface area contributed by atoms with Crippen molar-refractivity contribution in [1.29, 1.82) is 0 Å². The van der Waals surface area contributed by atoms with Crippen LogP contribution in [-0.2, 0) is 14.8 Å². The quantitative estimate of drug-likeness (QED) is 0.475. The van der Waals surface area contributed by atoms with E-state index < -0.39 is 21.7 Å². The van der Waals surface area contributed by atoms with E-state index >= 15 is 0 Å². The zero-order valence-electron chi connectivity index (χ0n) is 16.6. The molecule has 1 N–H and O–H groups in total. The maximum absolute atomic E-state index is 13.8. The minimum atomic E-state index is -3.69.